The molecule has 0 N–H and O–H groups in total. The first-order valence-electron chi connectivity index (χ1n) is 7.50. The van der Waals surface area contributed by atoms with Crippen LogP contribution in [0.1, 0.15) is 51.5 Å². The summed E-state index contributed by atoms with van der Waals surface area (Å²) < 4.78 is 10.3. The van der Waals surface area contributed by atoms with Gasteiger partial charge in [0.2, 0.25) is 0 Å². The van der Waals surface area contributed by atoms with Gasteiger partial charge in [0.05, 0.1) is 6.42 Å². The van der Waals surface area contributed by atoms with E-state index in [1.165, 1.54) is 0 Å². The SMILES string of the molecule is CCCCCC(=O)O[C@H](C)CC(=O)OCc1ccccc1. The van der Waals surface area contributed by atoms with Crippen LogP contribution in [0.3, 0.4) is 0 Å². The first kappa shape index (κ1) is 17.2. The summed E-state index contributed by atoms with van der Waals surface area (Å²) >= 11 is 0. The van der Waals surface area contributed by atoms with Crippen LogP contribution in [0.25, 0.3) is 0 Å². The highest BCUT2D eigenvalue weighted by molar-refractivity contribution is 5.72. The second kappa shape index (κ2) is 9.97. The van der Waals surface area contributed by atoms with Crippen molar-refractivity contribution in [2.24, 2.45) is 0 Å². The summed E-state index contributed by atoms with van der Waals surface area (Å²) in [6.45, 7) is 4.04. The van der Waals surface area contributed by atoms with Crippen molar-refractivity contribution in [2.45, 2.75) is 58.7 Å². The molecule has 0 heterocycles. The number of ether oxygens (including phenoxy) is 2. The van der Waals surface area contributed by atoms with E-state index in [1.54, 1.807) is 6.92 Å². The van der Waals surface area contributed by atoms with Gasteiger partial charge in [-0.15, -0.1) is 0 Å². The second-order valence-corrected chi connectivity index (χ2v) is 5.11. The van der Waals surface area contributed by atoms with Gasteiger partial charge in [0.25, 0.3) is 0 Å². The van der Waals surface area contributed by atoms with Crippen LogP contribution in [-0.2, 0) is 25.7 Å². The van der Waals surface area contributed by atoms with Gasteiger partial charge in [-0.1, -0.05) is 50.1 Å². The lowest BCUT2D eigenvalue weighted by atomic mass is 10.2. The number of hydrogen-bond acceptors (Lipinski definition) is 4. The molecule has 0 aromatic heterocycles. The molecule has 1 aromatic rings. The van der Waals surface area contributed by atoms with Crippen molar-refractivity contribution >= 4 is 11.9 Å². The number of rotatable bonds is 9. The molecule has 116 valence electrons. The number of esters is 2. The van der Waals surface area contributed by atoms with Crippen molar-refractivity contribution in [3.63, 3.8) is 0 Å². The molecule has 0 aliphatic heterocycles. The predicted molar refractivity (Wildman–Crippen MR) is 80.6 cm³/mol. The Bertz CT molecular complexity index is 428. The summed E-state index contributed by atoms with van der Waals surface area (Å²) in [5, 5.41) is 0. The van der Waals surface area contributed by atoms with Gasteiger partial charge in [0.15, 0.2) is 0 Å². The zero-order chi connectivity index (χ0) is 15.5. The van der Waals surface area contributed by atoms with Crippen molar-refractivity contribution < 1.29 is 19.1 Å². The van der Waals surface area contributed by atoms with E-state index in [4.69, 9.17) is 9.47 Å². The van der Waals surface area contributed by atoms with Crippen LogP contribution in [0, 0.1) is 0 Å². The number of hydrogen-bond donors (Lipinski definition) is 0. The Morgan fingerprint density at radius 3 is 2.48 bits per heavy atom. The molecule has 0 amide bonds. The van der Waals surface area contributed by atoms with Crippen molar-refractivity contribution in [2.75, 3.05) is 0 Å². The molecule has 21 heavy (non-hydrogen) atoms. The standard InChI is InChI=1S/C17H24O4/c1-3-4-6-11-16(18)21-14(2)12-17(19)20-13-15-9-7-5-8-10-15/h5,7-10,14H,3-4,6,11-13H2,1-2H3/t14-/m1/s1. The van der Waals surface area contributed by atoms with Gasteiger partial charge in [-0.25, -0.2) is 0 Å². The molecule has 1 rings (SSSR count). The van der Waals surface area contributed by atoms with Gasteiger partial charge >= 0.3 is 11.9 Å². The second-order valence-electron chi connectivity index (χ2n) is 5.11. The van der Waals surface area contributed by atoms with Crippen molar-refractivity contribution in [1.82, 2.24) is 0 Å². The minimum absolute atomic E-state index is 0.0896. The van der Waals surface area contributed by atoms with Crippen LogP contribution in [-0.4, -0.2) is 18.0 Å². The molecule has 0 bridgehead atoms. The largest absolute Gasteiger partial charge is 0.462 e. The predicted octanol–water partition coefficient (Wildman–Crippen LogP) is 3.63. The summed E-state index contributed by atoms with van der Waals surface area (Å²) in [7, 11) is 0. The molecule has 1 aromatic carbocycles. The van der Waals surface area contributed by atoms with Crippen LogP contribution in [0.15, 0.2) is 30.3 Å². The topological polar surface area (TPSA) is 52.6 Å². The summed E-state index contributed by atoms with van der Waals surface area (Å²) in [5.41, 5.74) is 0.940. The van der Waals surface area contributed by atoms with Gasteiger partial charge in [0.1, 0.15) is 12.7 Å². The first-order valence-corrected chi connectivity index (χ1v) is 7.50. The maximum Gasteiger partial charge on any atom is 0.309 e. The van der Waals surface area contributed by atoms with E-state index in [9.17, 15) is 9.59 Å². The van der Waals surface area contributed by atoms with E-state index in [0.717, 1.165) is 24.8 Å². The molecule has 0 fully saturated rings. The van der Waals surface area contributed by atoms with Gasteiger partial charge in [0, 0.05) is 6.42 Å². The van der Waals surface area contributed by atoms with Crippen molar-refractivity contribution in [1.29, 1.82) is 0 Å². The number of carbonyl (C=O) groups is 2. The summed E-state index contributed by atoms with van der Waals surface area (Å²) in [4.78, 5) is 23.2. The van der Waals surface area contributed by atoms with E-state index in [2.05, 4.69) is 6.92 Å². The van der Waals surface area contributed by atoms with Gasteiger partial charge in [-0.05, 0) is 18.9 Å². The van der Waals surface area contributed by atoms with E-state index in [-0.39, 0.29) is 25.0 Å². The van der Waals surface area contributed by atoms with Crippen LogP contribution in [0.5, 0.6) is 0 Å². The molecule has 0 saturated heterocycles. The fourth-order valence-electron chi connectivity index (χ4n) is 1.88. The molecule has 4 heteroatoms. The summed E-state index contributed by atoms with van der Waals surface area (Å²) in [6, 6.07) is 9.48. The smallest absolute Gasteiger partial charge is 0.309 e. The maximum absolute atomic E-state index is 11.7. The molecule has 0 spiro atoms. The molecule has 0 aliphatic carbocycles. The van der Waals surface area contributed by atoms with E-state index < -0.39 is 6.10 Å². The monoisotopic (exact) mass is 292 g/mol. The van der Waals surface area contributed by atoms with Crippen LogP contribution < -0.4 is 0 Å². The Morgan fingerprint density at radius 2 is 1.81 bits per heavy atom. The zero-order valence-corrected chi connectivity index (χ0v) is 12.8. The Balaban J connectivity index is 2.19. The van der Waals surface area contributed by atoms with Gasteiger partial charge in [-0.3, -0.25) is 9.59 Å². The van der Waals surface area contributed by atoms with Crippen LogP contribution >= 0.6 is 0 Å². The van der Waals surface area contributed by atoms with Crippen molar-refractivity contribution in [3.8, 4) is 0 Å². The normalized spacial score (nSPS) is 11.7. The third-order valence-electron chi connectivity index (χ3n) is 3.01. The Kier molecular flexibility index (Phi) is 8.17. The maximum atomic E-state index is 11.7. The molecule has 0 unspecified atom stereocenters. The minimum Gasteiger partial charge on any atom is -0.462 e. The Hall–Kier alpha value is -1.84. The fraction of sp³-hybridized carbons (Fsp3) is 0.529. The third kappa shape index (κ3) is 8.12. The highest BCUT2D eigenvalue weighted by atomic mass is 16.6. The first-order chi connectivity index (χ1) is 10.1. The lowest BCUT2D eigenvalue weighted by Crippen LogP contribution is -2.19. The van der Waals surface area contributed by atoms with Gasteiger partial charge in [-0.2, -0.15) is 0 Å². The lowest BCUT2D eigenvalue weighted by Gasteiger charge is -2.13. The fourth-order valence-corrected chi connectivity index (χ4v) is 1.88. The van der Waals surface area contributed by atoms with Crippen LogP contribution in [0.2, 0.25) is 0 Å². The van der Waals surface area contributed by atoms with E-state index in [0.29, 0.717) is 6.42 Å². The van der Waals surface area contributed by atoms with Crippen LogP contribution in [0.4, 0.5) is 0 Å². The number of benzene rings is 1. The molecule has 0 saturated carbocycles. The zero-order valence-electron chi connectivity index (χ0n) is 12.8. The molecular weight excluding hydrogens is 268 g/mol. The average molecular weight is 292 g/mol. The average Bonchev–Trinajstić information content (AvgIpc) is 2.46. The summed E-state index contributed by atoms with van der Waals surface area (Å²) in [5.74, 6) is -0.598. The minimum atomic E-state index is -0.442. The molecule has 4 nitrogen and oxygen atoms in total. The molecular formula is C17H24O4. The van der Waals surface area contributed by atoms with Gasteiger partial charge < -0.3 is 9.47 Å². The number of unbranched alkanes of at least 4 members (excludes halogenated alkanes) is 2. The highest BCUT2D eigenvalue weighted by Crippen LogP contribution is 2.07. The van der Waals surface area contributed by atoms with Crippen molar-refractivity contribution in [3.05, 3.63) is 35.9 Å². The summed E-state index contributed by atoms with van der Waals surface area (Å²) in [6.07, 6.45) is 2.98. The highest BCUT2D eigenvalue weighted by Gasteiger charge is 2.14. The Labute approximate surface area is 126 Å². The molecule has 0 radical (unpaired) electrons. The third-order valence-corrected chi connectivity index (χ3v) is 3.01. The molecule has 1 atom stereocenters. The van der Waals surface area contributed by atoms with E-state index in [1.807, 2.05) is 30.3 Å². The lowest BCUT2D eigenvalue weighted by molar-refractivity contribution is -0.154. The Morgan fingerprint density at radius 1 is 1.10 bits per heavy atom. The number of carbonyl (C=O) groups excluding carboxylic acids is 2. The molecule has 0 aliphatic rings. The van der Waals surface area contributed by atoms with E-state index >= 15 is 0 Å². The quantitative estimate of drug-likeness (QED) is 0.515.